The van der Waals surface area contributed by atoms with Crippen LogP contribution in [-0.4, -0.2) is 16.2 Å². The van der Waals surface area contributed by atoms with Crippen LogP contribution in [0.1, 0.15) is 15.9 Å². The summed E-state index contributed by atoms with van der Waals surface area (Å²) in [4.78, 5) is 11.8. The fraction of sp³-hybridized carbons (Fsp3) is 0. The van der Waals surface area contributed by atoms with Gasteiger partial charge < -0.3 is 14.9 Å². The number of terminal acetylenes is 1. The van der Waals surface area contributed by atoms with E-state index in [0.717, 1.165) is 12.1 Å². The van der Waals surface area contributed by atoms with E-state index in [-0.39, 0.29) is 22.6 Å². The van der Waals surface area contributed by atoms with Crippen molar-refractivity contribution in [2.75, 3.05) is 0 Å². The monoisotopic (exact) mass is 330 g/mol. The largest absolute Gasteiger partial charge is 0.507 e. The first-order chi connectivity index (χ1) is 12.1. The zero-order chi connectivity index (χ0) is 17.8. The van der Waals surface area contributed by atoms with Crippen LogP contribution in [0, 0.1) is 12.3 Å². The second kappa shape index (κ2) is 6.81. The lowest BCUT2D eigenvalue weighted by Gasteiger charge is -2.10. The number of carbonyl (C=O) groups is 1. The number of rotatable bonds is 2. The molecule has 0 heterocycles. The van der Waals surface area contributed by atoms with Gasteiger partial charge in [-0.2, -0.15) is 0 Å². The summed E-state index contributed by atoms with van der Waals surface area (Å²) >= 11 is 0. The van der Waals surface area contributed by atoms with Crippen molar-refractivity contribution < 1.29 is 19.7 Å². The quantitative estimate of drug-likeness (QED) is 0.253. The molecule has 4 heteroatoms. The van der Waals surface area contributed by atoms with Crippen molar-refractivity contribution in [2.45, 2.75) is 0 Å². The highest BCUT2D eigenvalue weighted by Gasteiger charge is 2.16. The number of benzene rings is 3. The van der Waals surface area contributed by atoms with Gasteiger partial charge in [0.2, 0.25) is 0 Å². The number of ether oxygens (including phenoxy) is 1. The molecular formula is C21H14O4. The summed E-state index contributed by atoms with van der Waals surface area (Å²) in [5, 5.41) is 19.3. The van der Waals surface area contributed by atoms with Crippen molar-refractivity contribution in [2.24, 2.45) is 0 Å². The van der Waals surface area contributed by atoms with Gasteiger partial charge in [0.15, 0.2) is 0 Å². The predicted octanol–water partition coefficient (Wildman–Crippen LogP) is 3.97. The number of hydrogen-bond acceptors (Lipinski definition) is 4. The number of phenols is 2. The second-order valence-electron chi connectivity index (χ2n) is 5.31. The average Bonchev–Trinajstić information content (AvgIpc) is 2.61. The van der Waals surface area contributed by atoms with E-state index in [1.165, 1.54) is 11.1 Å². The summed E-state index contributed by atoms with van der Waals surface area (Å²) in [7, 11) is 0. The molecule has 0 saturated heterocycles. The molecule has 25 heavy (non-hydrogen) atoms. The van der Waals surface area contributed by atoms with Crippen LogP contribution >= 0.6 is 0 Å². The maximum atomic E-state index is 11.8. The van der Waals surface area contributed by atoms with Crippen molar-refractivity contribution in [3.63, 3.8) is 0 Å². The van der Waals surface area contributed by atoms with Crippen LogP contribution in [0.25, 0.3) is 11.1 Å². The molecule has 0 bridgehead atoms. The van der Waals surface area contributed by atoms with Gasteiger partial charge in [0.05, 0.1) is 5.56 Å². The Morgan fingerprint density at radius 3 is 1.96 bits per heavy atom. The third-order valence-corrected chi connectivity index (χ3v) is 3.66. The average molecular weight is 330 g/mol. The standard InChI is InChI=1S/C15H10O4.C6H4/c1-2-10-8-14(17)12(9-13(10)16)15(18)19-11-6-4-3-5-7-11;1-2-6-4-3-5(1)6/h1,3-9,16-17H;1-4H. The highest BCUT2D eigenvalue weighted by molar-refractivity contribution is 5.94. The van der Waals surface area contributed by atoms with Gasteiger partial charge in [-0.1, -0.05) is 48.4 Å². The zero-order valence-electron chi connectivity index (χ0n) is 13.1. The Labute approximate surface area is 145 Å². The Morgan fingerprint density at radius 1 is 0.880 bits per heavy atom. The molecule has 0 aromatic heterocycles. The van der Waals surface area contributed by atoms with Gasteiger partial charge in [-0.05, 0) is 29.3 Å². The third-order valence-electron chi connectivity index (χ3n) is 3.66. The number of para-hydroxylation sites is 1. The van der Waals surface area contributed by atoms with E-state index in [9.17, 15) is 15.0 Å². The first-order valence-electron chi connectivity index (χ1n) is 7.49. The molecule has 4 nitrogen and oxygen atoms in total. The van der Waals surface area contributed by atoms with Gasteiger partial charge >= 0.3 is 5.97 Å². The van der Waals surface area contributed by atoms with E-state index >= 15 is 0 Å². The van der Waals surface area contributed by atoms with Gasteiger partial charge in [-0.25, -0.2) is 4.79 Å². The van der Waals surface area contributed by atoms with Crippen LogP contribution in [-0.2, 0) is 0 Å². The molecule has 0 fully saturated rings. The summed E-state index contributed by atoms with van der Waals surface area (Å²) in [5.41, 5.74) is 2.80. The lowest BCUT2D eigenvalue weighted by atomic mass is 9.95. The van der Waals surface area contributed by atoms with Gasteiger partial charge in [0.1, 0.15) is 22.8 Å². The zero-order valence-corrected chi connectivity index (χ0v) is 13.1. The molecule has 0 amide bonds. The van der Waals surface area contributed by atoms with Crippen molar-refractivity contribution in [1.82, 2.24) is 0 Å². The number of phenolic OH excluding ortho intramolecular Hbond substituents is 2. The minimum atomic E-state index is -0.775. The molecule has 0 atom stereocenters. The fourth-order valence-electron chi connectivity index (χ4n) is 2.17. The van der Waals surface area contributed by atoms with Crippen molar-refractivity contribution in [3.8, 4) is 40.7 Å². The first kappa shape index (κ1) is 16.2. The Bertz CT molecular complexity index is 931. The molecule has 0 unspecified atom stereocenters. The lowest BCUT2D eigenvalue weighted by molar-refractivity contribution is 0.0731. The van der Waals surface area contributed by atoms with Gasteiger partial charge in [0, 0.05) is 6.07 Å². The number of esters is 1. The topological polar surface area (TPSA) is 66.8 Å². The minimum Gasteiger partial charge on any atom is -0.507 e. The summed E-state index contributed by atoms with van der Waals surface area (Å²) in [6.07, 6.45) is 5.13. The molecule has 2 aliphatic carbocycles. The SMILES string of the molecule is C#Cc1cc(O)c(C(=O)Oc2ccccc2)cc1O.c1cc2ccc1-2. The molecule has 0 aliphatic heterocycles. The molecule has 4 rings (SSSR count). The number of fused-ring (bicyclic) bond motifs is 1. The molecule has 2 N–H and O–H groups in total. The number of carbonyl (C=O) groups excluding carboxylic acids is 1. The third kappa shape index (κ3) is 3.46. The normalized spacial score (nSPS) is 10.0. The molecule has 122 valence electrons. The Hall–Kier alpha value is -3.71. The minimum absolute atomic E-state index is 0.105. The smallest absolute Gasteiger partial charge is 0.347 e. The van der Waals surface area contributed by atoms with E-state index in [2.05, 4.69) is 30.2 Å². The second-order valence-corrected chi connectivity index (χ2v) is 5.31. The van der Waals surface area contributed by atoms with Crippen molar-refractivity contribution in [3.05, 3.63) is 77.9 Å². The summed E-state index contributed by atoms with van der Waals surface area (Å²) in [5.74, 6) is 1.15. The van der Waals surface area contributed by atoms with Crippen molar-refractivity contribution in [1.29, 1.82) is 0 Å². The summed E-state index contributed by atoms with van der Waals surface area (Å²) in [6.45, 7) is 0. The molecule has 2 aromatic carbocycles. The van der Waals surface area contributed by atoms with E-state index in [1.54, 1.807) is 30.3 Å². The maximum absolute atomic E-state index is 11.8. The maximum Gasteiger partial charge on any atom is 0.347 e. The number of hydrogen-bond donors (Lipinski definition) is 2. The highest BCUT2D eigenvalue weighted by Crippen LogP contribution is 2.29. The van der Waals surface area contributed by atoms with Crippen LogP contribution in [0.2, 0.25) is 0 Å². The first-order valence-corrected chi connectivity index (χ1v) is 7.49. The van der Waals surface area contributed by atoms with Crippen LogP contribution in [0.4, 0.5) is 0 Å². The van der Waals surface area contributed by atoms with Crippen LogP contribution in [0.5, 0.6) is 17.2 Å². The Morgan fingerprint density at radius 2 is 1.48 bits per heavy atom. The molecular weight excluding hydrogens is 316 g/mol. The summed E-state index contributed by atoms with van der Waals surface area (Å²) in [6, 6.07) is 19.1. The van der Waals surface area contributed by atoms with E-state index in [0.29, 0.717) is 5.75 Å². The van der Waals surface area contributed by atoms with Crippen LogP contribution < -0.4 is 4.74 Å². The Kier molecular flexibility index (Phi) is 4.40. The van der Waals surface area contributed by atoms with Gasteiger partial charge in [-0.3, -0.25) is 0 Å². The van der Waals surface area contributed by atoms with E-state index in [4.69, 9.17) is 11.2 Å². The fourth-order valence-corrected chi connectivity index (χ4v) is 2.17. The summed E-state index contributed by atoms with van der Waals surface area (Å²) < 4.78 is 5.05. The van der Waals surface area contributed by atoms with Crippen LogP contribution in [0.3, 0.4) is 0 Å². The molecule has 0 radical (unpaired) electrons. The van der Waals surface area contributed by atoms with E-state index in [1.807, 2.05) is 0 Å². The van der Waals surface area contributed by atoms with Crippen molar-refractivity contribution >= 4 is 5.97 Å². The molecule has 2 aromatic rings. The van der Waals surface area contributed by atoms with Gasteiger partial charge in [-0.15, -0.1) is 6.42 Å². The van der Waals surface area contributed by atoms with Gasteiger partial charge in [0.25, 0.3) is 0 Å². The van der Waals surface area contributed by atoms with E-state index < -0.39 is 5.97 Å². The predicted molar refractivity (Wildman–Crippen MR) is 94.5 cm³/mol. The number of aromatic hydroxyl groups is 2. The molecule has 0 saturated carbocycles. The molecule has 0 spiro atoms. The van der Waals surface area contributed by atoms with Crippen LogP contribution in [0.15, 0.2) is 66.7 Å². The Balaban J connectivity index is 0.000000250. The molecule has 2 aliphatic rings. The highest BCUT2D eigenvalue weighted by atomic mass is 16.5. The lowest BCUT2D eigenvalue weighted by Crippen LogP contribution is -2.08.